The minimum absolute atomic E-state index is 0. The maximum absolute atomic E-state index is 4.82. The van der Waals surface area contributed by atoms with Crippen LogP contribution in [0.5, 0.6) is 0 Å². The number of hydrogen-bond acceptors (Lipinski definition) is 5. The van der Waals surface area contributed by atoms with Crippen LogP contribution in [0.2, 0.25) is 0 Å². The van der Waals surface area contributed by atoms with E-state index in [0.717, 1.165) is 42.8 Å². The van der Waals surface area contributed by atoms with Gasteiger partial charge in [0, 0.05) is 52.4 Å². The van der Waals surface area contributed by atoms with Gasteiger partial charge in [-0.05, 0) is 31.2 Å². The Morgan fingerprint density at radius 2 is 2.26 bits per heavy atom. The lowest BCUT2D eigenvalue weighted by Gasteiger charge is -2.21. The molecule has 1 fully saturated rings. The molecule has 0 saturated carbocycles. The number of aromatic nitrogens is 3. The maximum Gasteiger partial charge on any atom is 0.194 e. The Kier molecular flexibility index (Phi) is 8.33. The van der Waals surface area contributed by atoms with Gasteiger partial charge in [0.1, 0.15) is 0 Å². The van der Waals surface area contributed by atoms with E-state index in [2.05, 4.69) is 38.8 Å². The molecule has 1 aliphatic rings. The molecule has 0 radical (unpaired) electrons. The third-order valence-electron chi connectivity index (χ3n) is 4.52. The molecular weight excluding hydrogens is 473 g/mol. The van der Waals surface area contributed by atoms with Crippen molar-refractivity contribution in [2.75, 3.05) is 38.6 Å². The van der Waals surface area contributed by atoms with Crippen molar-refractivity contribution in [2.45, 2.75) is 26.3 Å². The summed E-state index contributed by atoms with van der Waals surface area (Å²) in [5, 5.41) is 10.8. The number of guanidine groups is 1. The van der Waals surface area contributed by atoms with Crippen LogP contribution in [0.4, 0.5) is 5.13 Å². The molecule has 0 amide bonds. The zero-order valence-corrected chi connectivity index (χ0v) is 19.7. The van der Waals surface area contributed by atoms with E-state index in [9.17, 15) is 0 Å². The van der Waals surface area contributed by atoms with Gasteiger partial charge in [0.2, 0.25) is 0 Å². The Hall–Kier alpha value is -1.36. The zero-order chi connectivity index (χ0) is 18.5. The Morgan fingerprint density at radius 1 is 1.44 bits per heavy atom. The molecular formula is C18H30IN7S. The largest absolute Gasteiger partial charge is 0.357 e. The molecule has 1 N–H and O–H groups in total. The standard InChI is InChI=1S/C18H29N7S.HI/c1-5-19-17(20-10-16-13-26-18(22-16)23(2)3)25-7-6-14(12-25)8-15-9-21-24(4)11-15;/h9,11,13-14H,5-8,10,12H2,1-4H3,(H,19,20);1H. The zero-order valence-electron chi connectivity index (χ0n) is 16.6. The third-order valence-corrected chi connectivity index (χ3v) is 5.57. The number of likely N-dealkylation sites (tertiary alicyclic amines) is 1. The van der Waals surface area contributed by atoms with Crippen molar-refractivity contribution in [3.05, 3.63) is 29.0 Å². The second-order valence-electron chi connectivity index (χ2n) is 7.01. The highest BCUT2D eigenvalue weighted by Crippen LogP contribution is 2.22. The number of aliphatic imine (C=N–C) groups is 1. The van der Waals surface area contributed by atoms with Gasteiger partial charge in [0.15, 0.2) is 11.1 Å². The van der Waals surface area contributed by atoms with Crippen molar-refractivity contribution in [1.82, 2.24) is 25.0 Å². The summed E-state index contributed by atoms with van der Waals surface area (Å²) in [5.74, 6) is 1.66. The summed E-state index contributed by atoms with van der Waals surface area (Å²) in [4.78, 5) is 13.9. The fraction of sp³-hybridized carbons (Fsp3) is 0.611. The van der Waals surface area contributed by atoms with Crippen LogP contribution in [0, 0.1) is 5.92 Å². The highest BCUT2D eigenvalue weighted by Gasteiger charge is 2.25. The van der Waals surface area contributed by atoms with Crippen LogP contribution >= 0.6 is 35.3 Å². The van der Waals surface area contributed by atoms with Crippen molar-refractivity contribution >= 4 is 46.4 Å². The van der Waals surface area contributed by atoms with Crippen LogP contribution in [-0.2, 0) is 20.0 Å². The van der Waals surface area contributed by atoms with Crippen LogP contribution in [0.1, 0.15) is 24.6 Å². The number of thiazole rings is 1. The van der Waals surface area contributed by atoms with Crippen LogP contribution in [-0.4, -0.2) is 59.4 Å². The molecule has 1 atom stereocenters. The van der Waals surface area contributed by atoms with Crippen LogP contribution < -0.4 is 10.2 Å². The smallest absolute Gasteiger partial charge is 0.194 e. The second-order valence-corrected chi connectivity index (χ2v) is 7.85. The maximum atomic E-state index is 4.82. The SMILES string of the molecule is CCNC(=NCc1csc(N(C)C)n1)N1CCC(Cc2cnn(C)c2)C1.I. The van der Waals surface area contributed by atoms with Crippen LogP contribution in [0.3, 0.4) is 0 Å². The van der Waals surface area contributed by atoms with Gasteiger partial charge in [-0.25, -0.2) is 9.98 Å². The van der Waals surface area contributed by atoms with Gasteiger partial charge in [0.25, 0.3) is 0 Å². The summed E-state index contributed by atoms with van der Waals surface area (Å²) >= 11 is 1.66. The quantitative estimate of drug-likeness (QED) is 0.373. The normalized spacial score (nSPS) is 17.1. The molecule has 3 rings (SSSR count). The molecule has 0 bridgehead atoms. The number of rotatable bonds is 6. The first kappa shape index (κ1) is 21.9. The Morgan fingerprint density at radius 3 is 2.89 bits per heavy atom. The topological polar surface area (TPSA) is 61.6 Å². The molecule has 0 aliphatic carbocycles. The molecule has 1 aliphatic heterocycles. The highest BCUT2D eigenvalue weighted by atomic mass is 127. The van der Waals surface area contributed by atoms with E-state index in [1.807, 2.05) is 36.9 Å². The average molecular weight is 503 g/mol. The Labute approximate surface area is 182 Å². The minimum atomic E-state index is 0. The molecule has 1 saturated heterocycles. The molecule has 27 heavy (non-hydrogen) atoms. The monoisotopic (exact) mass is 503 g/mol. The Balaban J connectivity index is 0.00000261. The van der Waals surface area contributed by atoms with E-state index in [-0.39, 0.29) is 24.0 Å². The molecule has 2 aromatic heterocycles. The predicted molar refractivity (Wildman–Crippen MR) is 123 cm³/mol. The first-order valence-corrected chi connectivity index (χ1v) is 10.1. The highest BCUT2D eigenvalue weighted by molar-refractivity contribution is 14.0. The van der Waals surface area contributed by atoms with E-state index in [0.29, 0.717) is 12.5 Å². The lowest BCUT2D eigenvalue weighted by atomic mass is 10.0. The summed E-state index contributed by atoms with van der Waals surface area (Å²) in [5.41, 5.74) is 2.35. The lowest BCUT2D eigenvalue weighted by molar-refractivity contribution is 0.459. The first-order chi connectivity index (χ1) is 12.5. The summed E-state index contributed by atoms with van der Waals surface area (Å²) in [6.07, 6.45) is 6.38. The molecule has 150 valence electrons. The summed E-state index contributed by atoms with van der Waals surface area (Å²) in [6, 6.07) is 0. The van der Waals surface area contributed by atoms with Gasteiger partial charge in [-0.15, -0.1) is 35.3 Å². The van der Waals surface area contributed by atoms with Gasteiger partial charge >= 0.3 is 0 Å². The van der Waals surface area contributed by atoms with E-state index in [4.69, 9.17) is 4.99 Å². The van der Waals surface area contributed by atoms with Gasteiger partial charge < -0.3 is 15.1 Å². The molecule has 7 nitrogen and oxygen atoms in total. The van der Waals surface area contributed by atoms with Gasteiger partial charge in [-0.1, -0.05) is 0 Å². The molecule has 2 aromatic rings. The number of halogens is 1. The summed E-state index contributed by atoms with van der Waals surface area (Å²) < 4.78 is 1.88. The Bertz CT molecular complexity index is 740. The average Bonchev–Trinajstić information content (AvgIpc) is 3.33. The third kappa shape index (κ3) is 6.06. The summed E-state index contributed by atoms with van der Waals surface area (Å²) in [6.45, 7) is 5.71. The molecule has 9 heteroatoms. The number of aryl methyl sites for hydroxylation is 1. The van der Waals surface area contributed by atoms with Gasteiger partial charge in [-0.3, -0.25) is 4.68 Å². The second kappa shape index (κ2) is 10.3. The van der Waals surface area contributed by atoms with Crippen molar-refractivity contribution in [1.29, 1.82) is 0 Å². The van der Waals surface area contributed by atoms with E-state index >= 15 is 0 Å². The fourth-order valence-corrected chi connectivity index (χ4v) is 4.01. The van der Waals surface area contributed by atoms with E-state index in [1.54, 1.807) is 11.3 Å². The van der Waals surface area contributed by atoms with Crippen LogP contribution in [0.25, 0.3) is 0 Å². The molecule has 0 spiro atoms. The van der Waals surface area contributed by atoms with E-state index in [1.165, 1.54) is 12.0 Å². The minimum Gasteiger partial charge on any atom is -0.357 e. The van der Waals surface area contributed by atoms with E-state index < -0.39 is 0 Å². The fourth-order valence-electron chi connectivity index (χ4n) is 3.26. The van der Waals surface area contributed by atoms with Gasteiger partial charge in [0.05, 0.1) is 18.4 Å². The van der Waals surface area contributed by atoms with Crippen molar-refractivity contribution in [3.63, 3.8) is 0 Å². The predicted octanol–water partition coefficient (Wildman–Crippen LogP) is 2.59. The first-order valence-electron chi connectivity index (χ1n) is 9.17. The lowest BCUT2D eigenvalue weighted by Crippen LogP contribution is -2.40. The summed E-state index contributed by atoms with van der Waals surface area (Å²) in [7, 11) is 6.01. The van der Waals surface area contributed by atoms with Crippen molar-refractivity contribution in [2.24, 2.45) is 18.0 Å². The number of anilines is 1. The van der Waals surface area contributed by atoms with Crippen molar-refractivity contribution < 1.29 is 0 Å². The molecule has 1 unspecified atom stereocenters. The number of nitrogens with one attached hydrogen (secondary N) is 1. The van der Waals surface area contributed by atoms with Gasteiger partial charge in [-0.2, -0.15) is 5.10 Å². The number of nitrogens with zero attached hydrogens (tertiary/aromatic N) is 6. The molecule has 3 heterocycles. The van der Waals surface area contributed by atoms with Crippen molar-refractivity contribution in [3.8, 4) is 0 Å². The number of hydrogen-bond donors (Lipinski definition) is 1. The van der Waals surface area contributed by atoms with Crippen LogP contribution in [0.15, 0.2) is 22.8 Å². The molecule has 0 aromatic carbocycles.